The first-order valence-electron chi connectivity index (χ1n) is 11.6. The molecule has 4 rings (SSSR count). The van der Waals surface area contributed by atoms with Crippen molar-refractivity contribution in [3.63, 3.8) is 0 Å². The van der Waals surface area contributed by atoms with Gasteiger partial charge in [0.05, 0.1) is 12.7 Å². The molecule has 180 valence electrons. The zero-order valence-corrected chi connectivity index (χ0v) is 19.4. The Bertz CT molecular complexity index is 1030. The summed E-state index contributed by atoms with van der Waals surface area (Å²) in [5.41, 5.74) is 4.61. The number of carbonyl (C=O) groups excluding carboxylic acids is 2. The van der Waals surface area contributed by atoms with Gasteiger partial charge in [-0.1, -0.05) is 48.5 Å². The van der Waals surface area contributed by atoms with E-state index < -0.39 is 24.2 Å². The van der Waals surface area contributed by atoms with Gasteiger partial charge in [-0.15, -0.1) is 0 Å². The maximum absolute atomic E-state index is 12.6. The molecule has 8 heteroatoms. The molecule has 2 amide bonds. The van der Waals surface area contributed by atoms with Gasteiger partial charge < -0.3 is 24.8 Å². The zero-order valence-electron chi connectivity index (χ0n) is 19.4. The Hall–Kier alpha value is -3.39. The molecule has 2 aliphatic rings. The first-order valence-corrected chi connectivity index (χ1v) is 11.6. The number of nitrogens with one attached hydrogen (secondary N) is 1. The third-order valence-electron chi connectivity index (χ3n) is 6.57. The van der Waals surface area contributed by atoms with Gasteiger partial charge in [-0.25, -0.2) is 9.59 Å². The number of aliphatic carboxylic acids is 1. The summed E-state index contributed by atoms with van der Waals surface area (Å²) in [5, 5.41) is 12.2. The first kappa shape index (κ1) is 23.8. The van der Waals surface area contributed by atoms with Crippen LogP contribution in [0.2, 0.25) is 0 Å². The molecule has 1 saturated heterocycles. The van der Waals surface area contributed by atoms with Crippen LogP contribution in [0.4, 0.5) is 4.79 Å². The lowest BCUT2D eigenvalue weighted by molar-refractivity contribution is -0.164. The van der Waals surface area contributed by atoms with Crippen molar-refractivity contribution < 1.29 is 29.0 Å². The molecule has 1 fully saturated rings. The van der Waals surface area contributed by atoms with Crippen molar-refractivity contribution in [3.05, 3.63) is 59.7 Å². The SMILES string of the molecule is CC(CCC(=O)N1CCOC(C)C1C(=O)O)NC(=O)OCC1c2ccccc2-c2ccccc21. The number of nitrogens with zero attached hydrogens (tertiary/aromatic N) is 1. The zero-order chi connectivity index (χ0) is 24.2. The molecule has 1 heterocycles. The molecule has 8 nitrogen and oxygen atoms in total. The van der Waals surface area contributed by atoms with E-state index in [1.165, 1.54) is 4.90 Å². The van der Waals surface area contributed by atoms with Crippen LogP contribution in [-0.4, -0.2) is 65.9 Å². The number of ether oxygens (including phenoxy) is 2. The minimum atomic E-state index is -1.08. The third-order valence-corrected chi connectivity index (χ3v) is 6.57. The summed E-state index contributed by atoms with van der Waals surface area (Å²) in [6.45, 7) is 4.22. The second-order valence-corrected chi connectivity index (χ2v) is 8.86. The topological polar surface area (TPSA) is 105 Å². The highest BCUT2D eigenvalue weighted by Crippen LogP contribution is 2.44. The van der Waals surface area contributed by atoms with Crippen molar-refractivity contribution in [2.75, 3.05) is 19.8 Å². The molecule has 2 aromatic carbocycles. The van der Waals surface area contributed by atoms with E-state index in [-0.39, 0.29) is 37.4 Å². The second-order valence-electron chi connectivity index (χ2n) is 8.86. The summed E-state index contributed by atoms with van der Waals surface area (Å²) in [7, 11) is 0. The molecular weight excluding hydrogens is 436 g/mol. The average molecular weight is 467 g/mol. The smallest absolute Gasteiger partial charge is 0.407 e. The van der Waals surface area contributed by atoms with Crippen molar-refractivity contribution in [2.24, 2.45) is 0 Å². The summed E-state index contributed by atoms with van der Waals surface area (Å²) < 4.78 is 10.9. The standard InChI is InChI=1S/C26H30N2O6/c1-16(11-12-23(29)28-13-14-33-17(2)24(28)25(30)31)27-26(32)34-15-22-20-9-5-3-7-18(20)19-8-4-6-10-21(19)22/h3-10,16-17,22,24H,11-15H2,1-2H3,(H,27,32)(H,30,31). The molecule has 0 aromatic heterocycles. The predicted octanol–water partition coefficient (Wildman–Crippen LogP) is 3.39. The Labute approximate surface area is 198 Å². The maximum atomic E-state index is 12.6. The van der Waals surface area contributed by atoms with Gasteiger partial charge >= 0.3 is 12.1 Å². The van der Waals surface area contributed by atoms with Crippen LogP contribution in [0.3, 0.4) is 0 Å². The van der Waals surface area contributed by atoms with Crippen LogP contribution in [0.1, 0.15) is 43.7 Å². The van der Waals surface area contributed by atoms with E-state index in [0.717, 1.165) is 22.3 Å². The minimum Gasteiger partial charge on any atom is -0.480 e. The Kier molecular flexibility index (Phi) is 7.17. The lowest BCUT2D eigenvalue weighted by Gasteiger charge is -2.37. The summed E-state index contributed by atoms with van der Waals surface area (Å²) in [4.78, 5) is 38.0. The number of carbonyl (C=O) groups is 3. The Morgan fingerprint density at radius 2 is 1.74 bits per heavy atom. The fraction of sp³-hybridized carbons (Fsp3) is 0.423. The van der Waals surface area contributed by atoms with Crippen molar-refractivity contribution >= 4 is 18.0 Å². The number of alkyl carbamates (subject to hydrolysis) is 1. The molecule has 3 atom stereocenters. The summed E-state index contributed by atoms with van der Waals surface area (Å²) in [6, 6.07) is 15.0. The summed E-state index contributed by atoms with van der Waals surface area (Å²) in [5.74, 6) is -1.36. The second kappa shape index (κ2) is 10.3. The first-order chi connectivity index (χ1) is 16.4. The number of carboxylic acid groups (broad SMARTS) is 1. The number of carboxylic acids is 1. The van der Waals surface area contributed by atoms with Gasteiger partial charge in [0, 0.05) is 24.9 Å². The van der Waals surface area contributed by atoms with Crippen molar-refractivity contribution in [1.82, 2.24) is 10.2 Å². The lowest BCUT2D eigenvalue weighted by Crippen LogP contribution is -2.56. The molecule has 1 aliphatic carbocycles. The normalized spacial score (nSPS) is 20.2. The van der Waals surface area contributed by atoms with Gasteiger partial charge in [0.25, 0.3) is 0 Å². The van der Waals surface area contributed by atoms with Crippen LogP contribution in [-0.2, 0) is 19.1 Å². The molecule has 3 unspecified atom stereocenters. The summed E-state index contributed by atoms with van der Waals surface area (Å²) in [6.07, 6.45) is -0.598. The Balaban J connectivity index is 1.28. The van der Waals surface area contributed by atoms with Crippen molar-refractivity contribution in [3.8, 4) is 11.1 Å². The molecule has 0 radical (unpaired) electrons. The summed E-state index contributed by atoms with van der Waals surface area (Å²) >= 11 is 0. The number of hydrogen-bond donors (Lipinski definition) is 2. The number of fused-ring (bicyclic) bond motifs is 3. The largest absolute Gasteiger partial charge is 0.480 e. The predicted molar refractivity (Wildman–Crippen MR) is 125 cm³/mol. The van der Waals surface area contributed by atoms with Gasteiger partial charge in [-0.3, -0.25) is 4.79 Å². The molecule has 2 aromatic rings. The van der Waals surface area contributed by atoms with E-state index >= 15 is 0 Å². The van der Waals surface area contributed by atoms with E-state index in [9.17, 15) is 19.5 Å². The number of rotatable bonds is 7. The van der Waals surface area contributed by atoms with Gasteiger partial charge in [-0.2, -0.15) is 0 Å². The van der Waals surface area contributed by atoms with E-state index in [4.69, 9.17) is 9.47 Å². The molecule has 1 aliphatic heterocycles. The van der Waals surface area contributed by atoms with E-state index in [2.05, 4.69) is 29.6 Å². The van der Waals surface area contributed by atoms with E-state index in [1.807, 2.05) is 24.3 Å². The van der Waals surface area contributed by atoms with Crippen LogP contribution in [0.25, 0.3) is 11.1 Å². The monoisotopic (exact) mass is 466 g/mol. The quantitative estimate of drug-likeness (QED) is 0.648. The van der Waals surface area contributed by atoms with Crippen molar-refractivity contribution in [1.29, 1.82) is 0 Å². The molecular formula is C26H30N2O6. The fourth-order valence-corrected chi connectivity index (χ4v) is 4.83. The number of hydrogen-bond acceptors (Lipinski definition) is 5. The Morgan fingerprint density at radius 3 is 2.35 bits per heavy atom. The van der Waals surface area contributed by atoms with Crippen LogP contribution in [0.5, 0.6) is 0 Å². The van der Waals surface area contributed by atoms with Gasteiger partial charge in [0.15, 0.2) is 6.04 Å². The molecule has 34 heavy (non-hydrogen) atoms. The van der Waals surface area contributed by atoms with Crippen LogP contribution >= 0.6 is 0 Å². The van der Waals surface area contributed by atoms with E-state index in [1.54, 1.807) is 13.8 Å². The number of morpholine rings is 1. The molecule has 0 bridgehead atoms. The minimum absolute atomic E-state index is 0.0219. The average Bonchev–Trinajstić information content (AvgIpc) is 3.14. The number of benzene rings is 2. The van der Waals surface area contributed by atoms with Crippen LogP contribution < -0.4 is 5.32 Å². The van der Waals surface area contributed by atoms with Crippen LogP contribution in [0, 0.1) is 0 Å². The highest BCUT2D eigenvalue weighted by molar-refractivity contribution is 5.84. The van der Waals surface area contributed by atoms with Gasteiger partial charge in [0.1, 0.15) is 6.61 Å². The number of amides is 2. The van der Waals surface area contributed by atoms with E-state index in [0.29, 0.717) is 13.0 Å². The highest BCUT2D eigenvalue weighted by atomic mass is 16.5. The highest BCUT2D eigenvalue weighted by Gasteiger charge is 2.37. The molecule has 0 spiro atoms. The lowest BCUT2D eigenvalue weighted by atomic mass is 9.98. The third kappa shape index (κ3) is 4.92. The van der Waals surface area contributed by atoms with Crippen LogP contribution in [0.15, 0.2) is 48.5 Å². The fourth-order valence-electron chi connectivity index (χ4n) is 4.83. The maximum Gasteiger partial charge on any atom is 0.407 e. The van der Waals surface area contributed by atoms with Crippen molar-refractivity contribution in [2.45, 2.75) is 50.8 Å². The van der Waals surface area contributed by atoms with Gasteiger partial charge in [-0.05, 0) is 42.5 Å². The molecule has 2 N–H and O–H groups in total. The molecule has 0 saturated carbocycles. The van der Waals surface area contributed by atoms with Gasteiger partial charge in [0.2, 0.25) is 5.91 Å². The Morgan fingerprint density at radius 1 is 1.12 bits per heavy atom.